The summed E-state index contributed by atoms with van der Waals surface area (Å²) in [6, 6.07) is 5.69. The molecule has 1 amide bonds. The molecule has 0 aromatic heterocycles. The number of likely N-dealkylation sites (N-methyl/N-ethyl adjacent to an activating group) is 1. The molecule has 0 radical (unpaired) electrons. The number of carbonyl (C=O) groups excluding carboxylic acids is 1. The lowest BCUT2D eigenvalue weighted by Gasteiger charge is -2.27. The van der Waals surface area contributed by atoms with E-state index in [0.717, 1.165) is 18.4 Å². The maximum Gasteiger partial charge on any atom is 0.227 e. The molecule has 0 spiro atoms. The molecule has 4 heteroatoms. The Morgan fingerprint density at radius 2 is 1.85 bits per heavy atom. The second kappa shape index (κ2) is 7.33. The first-order valence-electron chi connectivity index (χ1n) is 7.27. The van der Waals surface area contributed by atoms with E-state index in [0.29, 0.717) is 22.5 Å². The summed E-state index contributed by atoms with van der Waals surface area (Å²) >= 11 is 12.0. The van der Waals surface area contributed by atoms with Crippen LogP contribution in [0.15, 0.2) is 18.2 Å². The number of amides is 1. The molecule has 20 heavy (non-hydrogen) atoms. The Balaban J connectivity index is 1.99. The first-order valence-corrected chi connectivity index (χ1v) is 8.03. The van der Waals surface area contributed by atoms with Gasteiger partial charge in [-0.05, 0) is 30.5 Å². The highest BCUT2D eigenvalue weighted by molar-refractivity contribution is 6.35. The third-order valence-corrected chi connectivity index (χ3v) is 4.71. The van der Waals surface area contributed by atoms with Crippen molar-refractivity contribution in [2.24, 2.45) is 0 Å². The zero-order valence-corrected chi connectivity index (χ0v) is 13.4. The van der Waals surface area contributed by atoms with E-state index >= 15 is 0 Å². The lowest BCUT2D eigenvalue weighted by Crippen LogP contribution is -2.37. The van der Waals surface area contributed by atoms with Gasteiger partial charge in [0.15, 0.2) is 0 Å². The molecule has 1 fully saturated rings. The number of rotatable bonds is 3. The van der Waals surface area contributed by atoms with Crippen LogP contribution in [0.4, 0.5) is 0 Å². The second-order valence-electron chi connectivity index (χ2n) is 5.56. The largest absolute Gasteiger partial charge is 0.342 e. The molecule has 0 bridgehead atoms. The normalized spacial score (nSPS) is 16.8. The standard InChI is InChI=1S/C16H21Cl2NO/c1-19(14-6-4-2-3-5-7-14)16(20)10-12-8-9-13(17)11-15(12)18/h8-9,11,14H,2-7,10H2,1H3. The van der Waals surface area contributed by atoms with Gasteiger partial charge in [-0.25, -0.2) is 0 Å². The van der Waals surface area contributed by atoms with E-state index in [9.17, 15) is 4.79 Å². The van der Waals surface area contributed by atoms with Gasteiger partial charge in [-0.2, -0.15) is 0 Å². The van der Waals surface area contributed by atoms with Crippen LogP contribution in [0.5, 0.6) is 0 Å². The minimum atomic E-state index is 0.140. The van der Waals surface area contributed by atoms with Gasteiger partial charge < -0.3 is 4.90 Å². The number of halogens is 2. The third kappa shape index (κ3) is 4.13. The maximum absolute atomic E-state index is 12.4. The average molecular weight is 314 g/mol. The molecule has 2 rings (SSSR count). The van der Waals surface area contributed by atoms with Gasteiger partial charge in [0.25, 0.3) is 0 Å². The molecule has 0 saturated heterocycles. The Hall–Kier alpha value is -0.730. The minimum absolute atomic E-state index is 0.140. The molecular formula is C16H21Cl2NO. The molecule has 1 aliphatic rings. The van der Waals surface area contributed by atoms with Crippen molar-refractivity contribution in [2.75, 3.05) is 7.05 Å². The summed E-state index contributed by atoms with van der Waals surface area (Å²) in [5.41, 5.74) is 0.849. The number of hydrogen-bond acceptors (Lipinski definition) is 1. The molecule has 0 aliphatic heterocycles. The van der Waals surface area contributed by atoms with Crippen molar-refractivity contribution >= 4 is 29.1 Å². The van der Waals surface area contributed by atoms with Crippen LogP contribution >= 0.6 is 23.2 Å². The summed E-state index contributed by atoms with van der Waals surface area (Å²) in [6.45, 7) is 0. The first kappa shape index (κ1) is 15.7. The summed E-state index contributed by atoms with van der Waals surface area (Å²) in [5.74, 6) is 0.140. The smallest absolute Gasteiger partial charge is 0.227 e. The molecule has 1 aromatic carbocycles. The van der Waals surface area contributed by atoms with E-state index in [1.807, 2.05) is 18.0 Å². The van der Waals surface area contributed by atoms with Gasteiger partial charge in [0.2, 0.25) is 5.91 Å². The van der Waals surface area contributed by atoms with Gasteiger partial charge in [0.1, 0.15) is 0 Å². The zero-order chi connectivity index (χ0) is 14.5. The molecule has 1 aliphatic carbocycles. The Kier molecular flexibility index (Phi) is 5.74. The number of nitrogens with zero attached hydrogens (tertiary/aromatic N) is 1. The van der Waals surface area contributed by atoms with Gasteiger partial charge in [0.05, 0.1) is 6.42 Å². The Labute approximate surface area is 131 Å². The van der Waals surface area contributed by atoms with Gasteiger partial charge in [-0.15, -0.1) is 0 Å². The van der Waals surface area contributed by atoms with Crippen molar-refractivity contribution in [3.8, 4) is 0 Å². The SMILES string of the molecule is CN(C(=O)Cc1ccc(Cl)cc1Cl)C1CCCCCC1. The van der Waals surface area contributed by atoms with Crippen LogP contribution in [-0.2, 0) is 11.2 Å². The zero-order valence-electron chi connectivity index (χ0n) is 11.9. The first-order chi connectivity index (χ1) is 9.58. The van der Waals surface area contributed by atoms with E-state index in [2.05, 4.69) is 0 Å². The van der Waals surface area contributed by atoms with Crippen molar-refractivity contribution in [3.63, 3.8) is 0 Å². The second-order valence-corrected chi connectivity index (χ2v) is 6.41. The van der Waals surface area contributed by atoms with Crippen molar-refractivity contribution < 1.29 is 4.79 Å². The van der Waals surface area contributed by atoms with Crippen molar-refractivity contribution in [2.45, 2.75) is 51.0 Å². The monoisotopic (exact) mass is 313 g/mol. The van der Waals surface area contributed by atoms with Gasteiger partial charge >= 0.3 is 0 Å². The predicted molar refractivity (Wildman–Crippen MR) is 84.4 cm³/mol. The van der Waals surface area contributed by atoms with E-state index in [-0.39, 0.29) is 5.91 Å². The molecule has 0 unspecified atom stereocenters. The lowest BCUT2D eigenvalue weighted by atomic mass is 10.1. The molecule has 2 nitrogen and oxygen atoms in total. The Morgan fingerprint density at radius 1 is 1.20 bits per heavy atom. The van der Waals surface area contributed by atoms with Crippen molar-refractivity contribution in [3.05, 3.63) is 33.8 Å². The summed E-state index contributed by atoms with van der Waals surface area (Å²) < 4.78 is 0. The van der Waals surface area contributed by atoms with Crippen LogP contribution in [-0.4, -0.2) is 23.9 Å². The molecule has 1 saturated carbocycles. The van der Waals surface area contributed by atoms with Crippen LogP contribution in [0.2, 0.25) is 10.0 Å². The third-order valence-electron chi connectivity index (χ3n) is 4.12. The fourth-order valence-corrected chi connectivity index (χ4v) is 3.28. The highest BCUT2D eigenvalue weighted by Gasteiger charge is 2.21. The number of benzene rings is 1. The maximum atomic E-state index is 12.4. The van der Waals surface area contributed by atoms with Crippen LogP contribution in [0.25, 0.3) is 0 Å². The highest BCUT2D eigenvalue weighted by Crippen LogP contribution is 2.24. The lowest BCUT2D eigenvalue weighted by molar-refractivity contribution is -0.131. The quantitative estimate of drug-likeness (QED) is 0.739. The van der Waals surface area contributed by atoms with Crippen LogP contribution < -0.4 is 0 Å². The van der Waals surface area contributed by atoms with Gasteiger partial charge in [-0.1, -0.05) is 55.0 Å². The average Bonchev–Trinajstić information content (AvgIpc) is 2.70. The van der Waals surface area contributed by atoms with Crippen LogP contribution in [0.1, 0.15) is 44.1 Å². The molecule has 0 atom stereocenters. The predicted octanol–water partition coefficient (Wildman–Crippen LogP) is 4.72. The van der Waals surface area contributed by atoms with E-state index in [4.69, 9.17) is 23.2 Å². The van der Waals surface area contributed by atoms with Crippen LogP contribution in [0, 0.1) is 0 Å². The molecule has 110 valence electrons. The number of carbonyl (C=O) groups is 1. The molecule has 0 heterocycles. The Bertz CT molecular complexity index is 468. The summed E-state index contributed by atoms with van der Waals surface area (Å²) in [4.78, 5) is 14.3. The van der Waals surface area contributed by atoms with Crippen LogP contribution in [0.3, 0.4) is 0 Å². The topological polar surface area (TPSA) is 20.3 Å². The Morgan fingerprint density at radius 3 is 2.45 bits per heavy atom. The summed E-state index contributed by atoms with van der Waals surface area (Å²) in [6.07, 6.45) is 7.63. The van der Waals surface area contributed by atoms with Gasteiger partial charge in [-0.3, -0.25) is 4.79 Å². The van der Waals surface area contributed by atoms with Crippen molar-refractivity contribution in [1.29, 1.82) is 0 Å². The highest BCUT2D eigenvalue weighted by atomic mass is 35.5. The fourth-order valence-electron chi connectivity index (χ4n) is 2.80. The summed E-state index contributed by atoms with van der Waals surface area (Å²) in [5, 5.41) is 1.17. The van der Waals surface area contributed by atoms with E-state index in [1.54, 1.807) is 12.1 Å². The fraction of sp³-hybridized carbons (Fsp3) is 0.562. The van der Waals surface area contributed by atoms with Gasteiger partial charge in [0, 0.05) is 23.1 Å². The number of hydrogen-bond donors (Lipinski definition) is 0. The molecule has 0 N–H and O–H groups in total. The van der Waals surface area contributed by atoms with E-state index in [1.165, 1.54) is 25.7 Å². The van der Waals surface area contributed by atoms with E-state index < -0.39 is 0 Å². The molecule has 1 aromatic rings. The van der Waals surface area contributed by atoms with Crippen molar-refractivity contribution in [1.82, 2.24) is 4.90 Å². The molecular weight excluding hydrogens is 293 g/mol. The summed E-state index contributed by atoms with van der Waals surface area (Å²) in [7, 11) is 1.92. The minimum Gasteiger partial charge on any atom is -0.342 e.